The molecular weight excluding hydrogens is 294 g/mol. The van der Waals surface area contributed by atoms with Crippen molar-refractivity contribution in [1.29, 1.82) is 0 Å². The van der Waals surface area contributed by atoms with Gasteiger partial charge in [0.1, 0.15) is 0 Å². The van der Waals surface area contributed by atoms with Crippen molar-refractivity contribution in [1.82, 2.24) is 4.31 Å². The second kappa shape index (κ2) is 7.37. The van der Waals surface area contributed by atoms with Gasteiger partial charge in [0.2, 0.25) is 10.0 Å². The minimum atomic E-state index is -3.86. The van der Waals surface area contributed by atoms with Crippen molar-refractivity contribution >= 4 is 21.4 Å². The number of anilines is 1. The van der Waals surface area contributed by atoms with Crippen LogP contribution in [0.15, 0.2) is 23.1 Å². The second-order valence-corrected chi connectivity index (χ2v) is 6.74. The van der Waals surface area contributed by atoms with Crippen LogP contribution in [0, 0.1) is 10.1 Å². The molecule has 0 aromatic heterocycles. The first-order valence-electron chi connectivity index (χ1n) is 6.77. The lowest BCUT2D eigenvalue weighted by Gasteiger charge is -2.17. The Morgan fingerprint density at radius 3 is 2.52 bits per heavy atom. The summed E-state index contributed by atoms with van der Waals surface area (Å²) in [6.45, 7) is 2.37. The van der Waals surface area contributed by atoms with Crippen LogP contribution in [0.25, 0.3) is 0 Å². The number of hydrogen-bond acceptors (Lipinski definition) is 5. The topological polar surface area (TPSA) is 92.6 Å². The molecule has 0 aliphatic rings. The summed E-state index contributed by atoms with van der Waals surface area (Å²) in [4.78, 5) is 10.2. The van der Waals surface area contributed by atoms with Crippen LogP contribution in [0.4, 0.5) is 11.4 Å². The van der Waals surface area contributed by atoms with Crippen LogP contribution in [-0.4, -0.2) is 38.3 Å². The summed E-state index contributed by atoms with van der Waals surface area (Å²) in [5, 5.41) is 13.9. The summed E-state index contributed by atoms with van der Waals surface area (Å²) in [6.07, 6.45) is 2.63. The van der Waals surface area contributed by atoms with Gasteiger partial charge < -0.3 is 5.32 Å². The van der Waals surface area contributed by atoms with Crippen molar-refractivity contribution in [2.45, 2.75) is 31.1 Å². The first kappa shape index (κ1) is 17.4. The zero-order chi connectivity index (χ0) is 16.0. The highest BCUT2D eigenvalue weighted by Crippen LogP contribution is 2.29. The van der Waals surface area contributed by atoms with E-state index in [4.69, 9.17) is 0 Å². The van der Waals surface area contributed by atoms with E-state index in [0.29, 0.717) is 12.2 Å². The lowest BCUT2D eigenvalue weighted by atomic mass is 10.2. The average molecular weight is 315 g/mol. The van der Waals surface area contributed by atoms with E-state index < -0.39 is 20.6 Å². The van der Waals surface area contributed by atoms with E-state index in [1.807, 2.05) is 6.92 Å². The Bertz CT molecular complexity index is 601. The molecule has 0 amide bonds. The SMILES string of the molecule is CCCCCN(C)S(=O)(=O)c1ccc(NC)cc1[N+](=O)[O-]. The first-order chi connectivity index (χ1) is 9.84. The largest absolute Gasteiger partial charge is 0.388 e. The molecule has 8 heteroatoms. The molecule has 7 nitrogen and oxygen atoms in total. The first-order valence-corrected chi connectivity index (χ1v) is 8.21. The molecule has 0 aliphatic carbocycles. The normalized spacial score (nSPS) is 11.6. The van der Waals surface area contributed by atoms with E-state index in [9.17, 15) is 18.5 Å². The number of benzene rings is 1. The maximum absolute atomic E-state index is 12.5. The fraction of sp³-hybridized carbons (Fsp3) is 0.538. The molecule has 0 aliphatic heterocycles. The molecule has 1 rings (SSSR count). The van der Waals surface area contributed by atoms with Gasteiger partial charge in [-0.05, 0) is 18.6 Å². The van der Waals surface area contributed by atoms with Crippen LogP contribution in [0.3, 0.4) is 0 Å². The highest BCUT2D eigenvalue weighted by atomic mass is 32.2. The summed E-state index contributed by atoms with van der Waals surface area (Å²) in [6, 6.07) is 4.02. The Hall–Kier alpha value is -1.67. The number of nitrogens with one attached hydrogen (secondary N) is 1. The summed E-state index contributed by atoms with van der Waals surface area (Å²) in [5.74, 6) is 0. The van der Waals surface area contributed by atoms with Crippen molar-refractivity contribution in [2.75, 3.05) is 26.0 Å². The molecule has 1 aromatic carbocycles. The summed E-state index contributed by atoms with van der Waals surface area (Å²) >= 11 is 0. The molecule has 1 N–H and O–H groups in total. The molecule has 0 spiro atoms. The Morgan fingerprint density at radius 2 is 2.00 bits per heavy atom. The van der Waals surface area contributed by atoms with Crippen molar-refractivity contribution in [3.8, 4) is 0 Å². The van der Waals surface area contributed by atoms with Crippen molar-refractivity contribution in [3.05, 3.63) is 28.3 Å². The predicted octanol–water partition coefficient (Wildman–Crippen LogP) is 2.45. The van der Waals surface area contributed by atoms with Gasteiger partial charge >= 0.3 is 0 Å². The van der Waals surface area contributed by atoms with Gasteiger partial charge in [-0.1, -0.05) is 19.8 Å². The van der Waals surface area contributed by atoms with Gasteiger partial charge in [0, 0.05) is 32.4 Å². The molecule has 0 unspecified atom stereocenters. The summed E-state index contributed by atoms with van der Waals surface area (Å²) < 4.78 is 26.1. The van der Waals surface area contributed by atoms with Gasteiger partial charge in [-0.2, -0.15) is 0 Å². The minimum Gasteiger partial charge on any atom is -0.388 e. The Labute approximate surface area is 125 Å². The molecule has 118 valence electrons. The molecule has 0 atom stereocenters. The Kier molecular flexibility index (Phi) is 6.10. The molecule has 0 heterocycles. The van der Waals surface area contributed by atoms with Crippen LogP contribution in [-0.2, 0) is 10.0 Å². The molecule has 21 heavy (non-hydrogen) atoms. The lowest BCUT2D eigenvalue weighted by molar-refractivity contribution is -0.387. The number of unbranched alkanes of at least 4 members (excludes halogenated alkanes) is 2. The third-order valence-electron chi connectivity index (χ3n) is 3.21. The van der Waals surface area contributed by atoms with Gasteiger partial charge in [-0.25, -0.2) is 12.7 Å². The smallest absolute Gasteiger partial charge is 0.291 e. The minimum absolute atomic E-state index is 0.273. The maximum Gasteiger partial charge on any atom is 0.291 e. The molecule has 0 saturated carbocycles. The Morgan fingerprint density at radius 1 is 1.33 bits per heavy atom. The van der Waals surface area contributed by atoms with Crippen LogP contribution >= 0.6 is 0 Å². The van der Waals surface area contributed by atoms with Gasteiger partial charge in [-0.15, -0.1) is 0 Å². The van der Waals surface area contributed by atoms with Crippen LogP contribution in [0.5, 0.6) is 0 Å². The number of nitro benzene ring substituents is 1. The van der Waals surface area contributed by atoms with E-state index in [1.54, 1.807) is 7.05 Å². The van der Waals surface area contributed by atoms with Gasteiger partial charge in [0.05, 0.1) is 4.92 Å². The van der Waals surface area contributed by atoms with E-state index >= 15 is 0 Å². The van der Waals surface area contributed by atoms with Gasteiger partial charge in [0.25, 0.3) is 5.69 Å². The lowest BCUT2D eigenvalue weighted by Crippen LogP contribution is -2.28. The van der Waals surface area contributed by atoms with Crippen LogP contribution < -0.4 is 5.32 Å². The van der Waals surface area contributed by atoms with Crippen molar-refractivity contribution in [3.63, 3.8) is 0 Å². The molecule has 0 fully saturated rings. The third kappa shape index (κ3) is 4.15. The zero-order valence-corrected chi connectivity index (χ0v) is 13.3. The third-order valence-corrected chi connectivity index (χ3v) is 5.11. The molecule has 1 aromatic rings. The maximum atomic E-state index is 12.5. The summed E-state index contributed by atoms with van der Waals surface area (Å²) in [5.41, 5.74) is 0.0819. The van der Waals surface area contributed by atoms with Crippen LogP contribution in [0.2, 0.25) is 0 Å². The fourth-order valence-corrected chi connectivity index (χ4v) is 3.25. The highest BCUT2D eigenvalue weighted by Gasteiger charge is 2.29. The van der Waals surface area contributed by atoms with Crippen molar-refractivity contribution < 1.29 is 13.3 Å². The van der Waals surface area contributed by atoms with Gasteiger partial charge in [-0.3, -0.25) is 10.1 Å². The standard InChI is InChI=1S/C13H21N3O4S/c1-4-5-6-9-15(3)21(19,20)13-8-7-11(14-2)10-12(13)16(17)18/h7-8,10,14H,4-6,9H2,1-3H3. The molecule has 0 radical (unpaired) electrons. The number of sulfonamides is 1. The monoisotopic (exact) mass is 315 g/mol. The molecule has 0 bridgehead atoms. The number of nitrogens with zero attached hydrogens (tertiary/aromatic N) is 2. The van der Waals surface area contributed by atoms with Gasteiger partial charge in [0.15, 0.2) is 4.90 Å². The average Bonchev–Trinajstić information content (AvgIpc) is 2.46. The van der Waals surface area contributed by atoms with E-state index in [0.717, 1.165) is 19.3 Å². The molecule has 0 saturated heterocycles. The van der Waals surface area contributed by atoms with Crippen LogP contribution in [0.1, 0.15) is 26.2 Å². The predicted molar refractivity (Wildman–Crippen MR) is 82.0 cm³/mol. The van der Waals surface area contributed by atoms with E-state index in [2.05, 4.69) is 5.32 Å². The quantitative estimate of drug-likeness (QED) is 0.452. The zero-order valence-electron chi connectivity index (χ0n) is 12.5. The van der Waals surface area contributed by atoms with E-state index in [-0.39, 0.29) is 4.90 Å². The molecular formula is C13H21N3O4S. The fourth-order valence-electron chi connectivity index (χ4n) is 1.91. The number of nitro groups is 1. The number of rotatable bonds is 8. The highest BCUT2D eigenvalue weighted by molar-refractivity contribution is 7.89. The summed E-state index contributed by atoms with van der Waals surface area (Å²) in [7, 11) is -0.796. The second-order valence-electron chi connectivity index (χ2n) is 4.72. The number of hydrogen-bond donors (Lipinski definition) is 1. The van der Waals surface area contributed by atoms with Crippen molar-refractivity contribution in [2.24, 2.45) is 0 Å². The van der Waals surface area contributed by atoms with E-state index in [1.165, 1.54) is 29.6 Å². The Balaban J connectivity index is 3.15.